The summed E-state index contributed by atoms with van der Waals surface area (Å²) in [4.78, 5) is 24.3. The molecule has 0 aliphatic rings. The Morgan fingerprint density at radius 2 is 1.73 bits per heavy atom. The van der Waals surface area contributed by atoms with Crippen LogP contribution in [-0.4, -0.2) is 39.9 Å². The maximum atomic E-state index is 12.1. The van der Waals surface area contributed by atoms with Crippen molar-refractivity contribution in [2.24, 2.45) is 0 Å². The van der Waals surface area contributed by atoms with Gasteiger partial charge in [-0.2, -0.15) is 0 Å². The van der Waals surface area contributed by atoms with Gasteiger partial charge < -0.3 is 15.4 Å². The number of hydrogen-bond donors (Lipinski definition) is 3. The molecule has 0 radical (unpaired) electrons. The van der Waals surface area contributed by atoms with E-state index in [-0.39, 0.29) is 23.2 Å². The average molecular weight is 454 g/mol. The summed E-state index contributed by atoms with van der Waals surface area (Å²) in [6.45, 7) is 3.69. The number of nitrogens with one attached hydrogen (secondary N) is 3. The van der Waals surface area contributed by atoms with Crippen LogP contribution in [0.1, 0.15) is 19.4 Å². The van der Waals surface area contributed by atoms with Gasteiger partial charge in [-0.3, -0.25) is 9.59 Å². The van der Waals surface area contributed by atoms with E-state index < -0.39 is 21.8 Å². The molecule has 0 saturated carbocycles. The van der Waals surface area contributed by atoms with E-state index in [1.165, 1.54) is 25.3 Å². The zero-order valence-electron chi connectivity index (χ0n) is 16.9. The second-order valence-corrected chi connectivity index (χ2v) is 8.87. The van der Waals surface area contributed by atoms with Crippen molar-refractivity contribution in [3.8, 4) is 5.75 Å². The first kappa shape index (κ1) is 23.7. The lowest BCUT2D eigenvalue weighted by atomic mass is 10.1. The van der Waals surface area contributed by atoms with Gasteiger partial charge in [0.1, 0.15) is 5.75 Å². The number of anilines is 1. The first-order valence-corrected chi connectivity index (χ1v) is 11.0. The summed E-state index contributed by atoms with van der Waals surface area (Å²) >= 11 is 5.90. The van der Waals surface area contributed by atoms with Gasteiger partial charge in [0.2, 0.25) is 10.0 Å². The van der Waals surface area contributed by atoms with E-state index in [0.29, 0.717) is 17.2 Å². The third kappa shape index (κ3) is 6.72. The van der Waals surface area contributed by atoms with Crippen LogP contribution in [0.4, 0.5) is 5.69 Å². The minimum absolute atomic E-state index is 0.166. The molecule has 0 fully saturated rings. The van der Waals surface area contributed by atoms with Gasteiger partial charge in [-0.1, -0.05) is 23.7 Å². The number of carbonyl (C=O) groups is 2. The molecule has 30 heavy (non-hydrogen) atoms. The lowest BCUT2D eigenvalue weighted by Crippen LogP contribution is -2.36. The van der Waals surface area contributed by atoms with Gasteiger partial charge in [-0.15, -0.1) is 0 Å². The lowest BCUT2D eigenvalue weighted by Gasteiger charge is -2.11. The summed E-state index contributed by atoms with van der Waals surface area (Å²) in [5.41, 5.74) is 1.10. The van der Waals surface area contributed by atoms with Crippen molar-refractivity contribution in [3.63, 3.8) is 0 Å². The number of hydrogen-bond acceptors (Lipinski definition) is 5. The van der Waals surface area contributed by atoms with Crippen molar-refractivity contribution in [2.45, 2.75) is 31.2 Å². The van der Waals surface area contributed by atoms with Crippen LogP contribution in [0.15, 0.2) is 47.4 Å². The van der Waals surface area contributed by atoms with E-state index in [9.17, 15) is 18.0 Å². The number of amides is 2. The number of rotatable bonds is 8. The molecule has 10 heteroatoms. The highest BCUT2D eigenvalue weighted by Gasteiger charge is 2.17. The van der Waals surface area contributed by atoms with Gasteiger partial charge in [-0.05, 0) is 56.2 Å². The van der Waals surface area contributed by atoms with Crippen LogP contribution in [0.2, 0.25) is 5.02 Å². The molecule has 0 aromatic heterocycles. The van der Waals surface area contributed by atoms with Crippen LogP contribution >= 0.6 is 11.6 Å². The molecule has 0 spiro atoms. The number of carbonyl (C=O) groups excluding carboxylic acids is 2. The maximum absolute atomic E-state index is 12.1. The van der Waals surface area contributed by atoms with Crippen molar-refractivity contribution in [1.82, 2.24) is 10.0 Å². The standard InChI is InChI=1S/C20H24ClN3O5S/c1-13(2)24-30(27,28)16-7-4-14(5-8-16)10-11-22-19(25)20(26)23-17-12-15(21)6-9-18(17)29-3/h4-9,12-13,24H,10-11H2,1-3H3,(H,22,25)(H,23,26). The fourth-order valence-electron chi connectivity index (χ4n) is 2.57. The molecule has 2 amide bonds. The molecule has 0 bridgehead atoms. The van der Waals surface area contributed by atoms with Gasteiger partial charge in [0.25, 0.3) is 0 Å². The second-order valence-electron chi connectivity index (χ2n) is 6.72. The zero-order chi connectivity index (χ0) is 22.3. The van der Waals surface area contributed by atoms with Gasteiger partial charge in [0.05, 0.1) is 17.7 Å². The van der Waals surface area contributed by atoms with E-state index in [0.717, 1.165) is 5.56 Å². The highest BCUT2D eigenvalue weighted by molar-refractivity contribution is 7.89. The largest absolute Gasteiger partial charge is 0.495 e. The molecule has 0 unspecified atom stereocenters. The fourth-order valence-corrected chi connectivity index (χ4v) is 3.99. The SMILES string of the molecule is COc1ccc(Cl)cc1NC(=O)C(=O)NCCc1ccc(S(=O)(=O)NC(C)C)cc1. The monoisotopic (exact) mass is 453 g/mol. The molecule has 162 valence electrons. The summed E-state index contributed by atoms with van der Waals surface area (Å²) in [5.74, 6) is -1.28. The Morgan fingerprint density at radius 3 is 2.33 bits per heavy atom. The molecule has 8 nitrogen and oxygen atoms in total. The first-order valence-electron chi connectivity index (χ1n) is 9.16. The summed E-state index contributed by atoms with van der Waals surface area (Å²) in [6, 6.07) is 10.8. The van der Waals surface area contributed by atoms with Crippen LogP contribution in [-0.2, 0) is 26.0 Å². The average Bonchev–Trinajstić information content (AvgIpc) is 2.67. The minimum atomic E-state index is -3.55. The van der Waals surface area contributed by atoms with Gasteiger partial charge in [0, 0.05) is 17.6 Å². The molecule has 0 saturated heterocycles. The van der Waals surface area contributed by atoms with Gasteiger partial charge in [0.15, 0.2) is 0 Å². The Morgan fingerprint density at radius 1 is 1.07 bits per heavy atom. The molecule has 3 N–H and O–H groups in total. The van der Waals surface area contributed by atoms with Crippen molar-refractivity contribution in [3.05, 3.63) is 53.1 Å². The smallest absolute Gasteiger partial charge is 0.313 e. The molecular weight excluding hydrogens is 430 g/mol. The van der Waals surface area contributed by atoms with Crippen LogP contribution in [0.3, 0.4) is 0 Å². The summed E-state index contributed by atoms with van der Waals surface area (Å²) in [7, 11) is -2.11. The third-order valence-electron chi connectivity index (χ3n) is 3.94. The number of sulfonamides is 1. The Balaban J connectivity index is 1.88. The van der Waals surface area contributed by atoms with Crippen LogP contribution in [0.25, 0.3) is 0 Å². The summed E-state index contributed by atoms with van der Waals surface area (Å²) in [5, 5.41) is 5.36. The maximum Gasteiger partial charge on any atom is 0.313 e. The van der Waals surface area contributed by atoms with Crippen molar-refractivity contribution in [1.29, 1.82) is 0 Å². The highest BCUT2D eigenvalue weighted by Crippen LogP contribution is 2.27. The number of halogens is 1. The van der Waals surface area contributed by atoms with Crippen molar-refractivity contribution in [2.75, 3.05) is 19.0 Å². The van der Waals surface area contributed by atoms with Crippen LogP contribution < -0.4 is 20.1 Å². The van der Waals surface area contributed by atoms with Crippen LogP contribution in [0, 0.1) is 0 Å². The first-order chi connectivity index (χ1) is 14.1. The van der Waals surface area contributed by atoms with E-state index in [4.69, 9.17) is 16.3 Å². The lowest BCUT2D eigenvalue weighted by molar-refractivity contribution is -0.136. The predicted molar refractivity (Wildman–Crippen MR) is 115 cm³/mol. The van der Waals surface area contributed by atoms with E-state index in [2.05, 4.69) is 15.4 Å². The Hall–Kier alpha value is -2.62. The van der Waals surface area contributed by atoms with Crippen molar-refractivity contribution >= 4 is 39.1 Å². The molecule has 2 aromatic carbocycles. The quantitative estimate of drug-likeness (QED) is 0.531. The highest BCUT2D eigenvalue weighted by atomic mass is 35.5. The molecule has 0 atom stereocenters. The Kier molecular flexibility index (Phi) is 8.22. The molecule has 0 heterocycles. The van der Waals surface area contributed by atoms with Gasteiger partial charge >= 0.3 is 11.8 Å². The molecule has 2 rings (SSSR count). The van der Waals surface area contributed by atoms with E-state index in [1.807, 2.05) is 0 Å². The molecule has 2 aromatic rings. The fraction of sp³-hybridized carbons (Fsp3) is 0.300. The normalized spacial score (nSPS) is 11.2. The summed E-state index contributed by atoms with van der Waals surface area (Å²) in [6.07, 6.45) is 0.428. The van der Waals surface area contributed by atoms with Gasteiger partial charge in [-0.25, -0.2) is 13.1 Å². The number of ether oxygens (including phenoxy) is 1. The predicted octanol–water partition coefficient (Wildman–Crippen LogP) is 2.33. The number of benzene rings is 2. The molecule has 0 aliphatic carbocycles. The van der Waals surface area contributed by atoms with E-state index in [1.54, 1.807) is 38.1 Å². The second kappa shape index (κ2) is 10.4. The van der Waals surface area contributed by atoms with E-state index >= 15 is 0 Å². The van der Waals surface area contributed by atoms with Crippen molar-refractivity contribution < 1.29 is 22.7 Å². The topological polar surface area (TPSA) is 114 Å². The van der Waals surface area contributed by atoms with Crippen LogP contribution in [0.5, 0.6) is 5.75 Å². The minimum Gasteiger partial charge on any atom is -0.495 e. The zero-order valence-corrected chi connectivity index (χ0v) is 18.4. The molecule has 0 aliphatic heterocycles. The summed E-state index contributed by atoms with van der Waals surface area (Å²) < 4.78 is 31.9. The Labute approximate surface area is 181 Å². The number of methoxy groups -OCH3 is 1. The third-order valence-corrected chi connectivity index (χ3v) is 5.85. The molecular formula is C20H24ClN3O5S. The Bertz CT molecular complexity index is 1010.